The van der Waals surface area contributed by atoms with Crippen LogP contribution < -0.4 is 10.6 Å². The molecule has 8 heteroatoms. The number of nitrogens with zero attached hydrogens (tertiary/aromatic N) is 2. The number of carbonyl (C=O) groups excluding carboxylic acids is 1. The number of amides is 1. The van der Waals surface area contributed by atoms with Crippen molar-refractivity contribution >= 4 is 36.0 Å². The van der Waals surface area contributed by atoms with Crippen molar-refractivity contribution in [1.82, 2.24) is 15.5 Å². The van der Waals surface area contributed by atoms with Gasteiger partial charge in [0.25, 0.3) is 0 Å². The van der Waals surface area contributed by atoms with E-state index in [0.29, 0.717) is 6.54 Å². The van der Waals surface area contributed by atoms with E-state index < -0.39 is 5.60 Å². The maximum atomic E-state index is 12.5. The fraction of sp³-hybridized carbons (Fsp3) is 0.900. The number of guanidine groups is 1. The van der Waals surface area contributed by atoms with Crippen molar-refractivity contribution in [2.24, 2.45) is 4.99 Å². The molecular weight excluding hydrogens is 471 g/mol. The van der Waals surface area contributed by atoms with Crippen LogP contribution in [0.5, 0.6) is 0 Å². The van der Waals surface area contributed by atoms with Gasteiger partial charge in [-0.05, 0) is 66.7 Å². The van der Waals surface area contributed by atoms with Crippen LogP contribution in [0.15, 0.2) is 4.99 Å². The van der Waals surface area contributed by atoms with Gasteiger partial charge in [0.2, 0.25) is 0 Å². The summed E-state index contributed by atoms with van der Waals surface area (Å²) in [7, 11) is 0. The van der Waals surface area contributed by atoms with E-state index >= 15 is 0 Å². The second-order valence-electron chi connectivity index (χ2n) is 7.87. The monoisotopic (exact) mass is 512 g/mol. The van der Waals surface area contributed by atoms with E-state index in [1.165, 1.54) is 0 Å². The summed E-state index contributed by atoms with van der Waals surface area (Å²) in [5.41, 5.74) is -0.472. The Hall–Kier alpha value is -0.770. The lowest BCUT2D eigenvalue weighted by atomic mass is 10.0. The highest BCUT2D eigenvalue weighted by Gasteiger charge is 2.30. The van der Waals surface area contributed by atoms with Gasteiger partial charge in [-0.25, -0.2) is 4.79 Å². The Balaban J connectivity index is 0.00000729. The number of ether oxygens (including phenoxy) is 2. The van der Waals surface area contributed by atoms with Crippen LogP contribution in [0.2, 0.25) is 0 Å². The second kappa shape index (κ2) is 15.1. The molecule has 7 nitrogen and oxygen atoms in total. The predicted octanol–water partition coefficient (Wildman–Crippen LogP) is 3.77. The highest BCUT2D eigenvalue weighted by Crippen LogP contribution is 2.20. The Morgan fingerprint density at radius 3 is 2.57 bits per heavy atom. The minimum atomic E-state index is -0.472. The van der Waals surface area contributed by atoms with E-state index in [2.05, 4.69) is 17.6 Å². The van der Waals surface area contributed by atoms with Gasteiger partial charge in [-0.3, -0.25) is 4.99 Å². The average Bonchev–Trinajstić information content (AvgIpc) is 2.61. The van der Waals surface area contributed by atoms with Crippen LogP contribution >= 0.6 is 24.0 Å². The fourth-order valence-electron chi connectivity index (χ4n) is 2.97. The highest BCUT2D eigenvalue weighted by atomic mass is 127. The first-order valence-electron chi connectivity index (χ1n) is 10.5. The Morgan fingerprint density at radius 1 is 1.18 bits per heavy atom. The average molecular weight is 512 g/mol. The van der Waals surface area contributed by atoms with Crippen molar-refractivity contribution < 1.29 is 14.3 Å². The summed E-state index contributed by atoms with van der Waals surface area (Å²) in [5.74, 6) is 0.809. The maximum Gasteiger partial charge on any atom is 0.410 e. The molecule has 0 saturated carbocycles. The van der Waals surface area contributed by atoms with Gasteiger partial charge in [0.05, 0.1) is 12.6 Å². The molecule has 0 bridgehead atoms. The van der Waals surface area contributed by atoms with Crippen molar-refractivity contribution in [2.75, 3.05) is 39.4 Å². The lowest BCUT2D eigenvalue weighted by molar-refractivity contribution is 0.0110. The molecule has 0 aromatic rings. The third kappa shape index (κ3) is 11.9. The summed E-state index contributed by atoms with van der Waals surface area (Å²) in [4.78, 5) is 19.1. The molecule has 1 amide bonds. The SMILES string of the molecule is CCNC(=NCC1CCCCN1C(=O)OC(C)(C)C)NCCCCOCC.I. The molecule has 1 aliphatic rings. The molecule has 28 heavy (non-hydrogen) atoms. The van der Waals surface area contributed by atoms with Crippen LogP contribution in [0.25, 0.3) is 0 Å². The van der Waals surface area contributed by atoms with Gasteiger partial charge >= 0.3 is 6.09 Å². The molecular formula is C20H41IN4O3. The lowest BCUT2D eigenvalue weighted by Crippen LogP contribution is -2.48. The third-order valence-corrected chi connectivity index (χ3v) is 4.27. The zero-order valence-electron chi connectivity index (χ0n) is 18.4. The van der Waals surface area contributed by atoms with E-state index in [4.69, 9.17) is 14.5 Å². The Morgan fingerprint density at radius 2 is 1.93 bits per heavy atom. The molecule has 2 N–H and O–H groups in total. The smallest absolute Gasteiger partial charge is 0.410 e. The number of carbonyl (C=O) groups is 1. The summed E-state index contributed by atoms with van der Waals surface area (Å²) >= 11 is 0. The standard InChI is InChI=1S/C20H40N4O3.HI/c1-6-21-18(22-13-9-11-15-26-7-2)23-16-17-12-8-10-14-24(17)19(25)27-20(3,4)5;/h17H,6-16H2,1-5H3,(H2,21,22,23);1H. The quantitative estimate of drug-likeness (QED) is 0.213. The molecule has 1 aliphatic heterocycles. The van der Waals surface area contributed by atoms with E-state index in [1.807, 2.05) is 32.6 Å². The molecule has 0 radical (unpaired) electrons. The van der Waals surface area contributed by atoms with Crippen LogP contribution in [0.4, 0.5) is 4.79 Å². The molecule has 1 rings (SSSR count). The van der Waals surface area contributed by atoms with Crippen molar-refractivity contribution in [1.29, 1.82) is 0 Å². The van der Waals surface area contributed by atoms with E-state index in [9.17, 15) is 4.79 Å². The highest BCUT2D eigenvalue weighted by molar-refractivity contribution is 14.0. The number of rotatable bonds is 9. The number of likely N-dealkylation sites (tertiary alicyclic amines) is 1. The first-order valence-corrected chi connectivity index (χ1v) is 10.5. The molecule has 1 unspecified atom stereocenters. The number of halogens is 1. The van der Waals surface area contributed by atoms with Crippen LogP contribution in [-0.2, 0) is 9.47 Å². The number of hydrogen-bond donors (Lipinski definition) is 2. The van der Waals surface area contributed by atoms with Gasteiger partial charge in [0, 0.05) is 32.8 Å². The van der Waals surface area contributed by atoms with Crippen molar-refractivity contribution in [3.05, 3.63) is 0 Å². The molecule has 166 valence electrons. The zero-order valence-corrected chi connectivity index (χ0v) is 20.7. The molecule has 0 aromatic carbocycles. The molecule has 0 aromatic heterocycles. The van der Waals surface area contributed by atoms with Crippen LogP contribution in [-0.4, -0.2) is 68.0 Å². The van der Waals surface area contributed by atoms with Gasteiger partial charge < -0.3 is 25.0 Å². The molecule has 1 fully saturated rings. The van der Waals surface area contributed by atoms with Gasteiger partial charge in [-0.15, -0.1) is 24.0 Å². The van der Waals surface area contributed by atoms with Gasteiger partial charge in [-0.2, -0.15) is 0 Å². The van der Waals surface area contributed by atoms with E-state index in [0.717, 1.165) is 70.9 Å². The second-order valence-corrected chi connectivity index (χ2v) is 7.87. The fourth-order valence-corrected chi connectivity index (χ4v) is 2.97. The molecule has 0 aliphatic carbocycles. The van der Waals surface area contributed by atoms with Crippen LogP contribution in [0.3, 0.4) is 0 Å². The molecule has 0 spiro atoms. The minimum absolute atomic E-state index is 0. The molecule has 1 saturated heterocycles. The van der Waals surface area contributed by atoms with Crippen molar-refractivity contribution in [3.63, 3.8) is 0 Å². The Labute approximate surface area is 188 Å². The van der Waals surface area contributed by atoms with Gasteiger partial charge in [-0.1, -0.05) is 0 Å². The van der Waals surface area contributed by atoms with E-state index in [1.54, 1.807) is 0 Å². The summed E-state index contributed by atoms with van der Waals surface area (Å²) in [6.45, 7) is 14.4. The zero-order chi connectivity index (χ0) is 20.1. The first-order chi connectivity index (χ1) is 12.9. The minimum Gasteiger partial charge on any atom is -0.444 e. The number of unbranched alkanes of at least 4 members (excludes halogenated alkanes) is 1. The van der Waals surface area contributed by atoms with Gasteiger partial charge in [0.15, 0.2) is 5.96 Å². The normalized spacial score (nSPS) is 17.7. The van der Waals surface area contributed by atoms with Crippen molar-refractivity contribution in [3.8, 4) is 0 Å². The summed E-state index contributed by atoms with van der Waals surface area (Å²) in [6, 6.07) is 0.0991. The van der Waals surface area contributed by atoms with Gasteiger partial charge in [0.1, 0.15) is 5.60 Å². The Kier molecular flexibility index (Phi) is 14.7. The molecule has 1 atom stereocenters. The maximum absolute atomic E-state index is 12.5. The first kappa shape index (κ1) is 27.2. The largest absolute Gasteiger partial charge is 0.444 e. The number of piperidine rings is 1. The van der Waals surface area contributed by atoms with Crippen LogP contribution in [0.1, 0.15) is 66.7 Å². The molecule has 1 heterocycles. The number of nitrogens with one attached hydrogen (secondary N) is 2. The topological polar surface area (TPSA) is 75.2 Å². The predicted molar refractivity (Wildman–Crippen MR) is 126 cm³/mol. The van der Waals surface area contributed by atoms with Crippen molar-refractivity contribution in [2.45, 2.75) is 78.4 Å². The van der Waals surface area contributed by atoms with E-state index in [-0.39, 0.29) is 36.1 Å². The Bertz CT molecular complexity index is 455. The summed E-state index contributed by atoms with van der Waals surface area (Å²) < 4.78 is 10.9. The number of hydrogen-bond acceptors (Lipinski definition) is 4. The lowest BCUT2D eigenvalue weighted by Gasteiger charge is -2.36. The van der Waals surface area contributed by atoms with Crippen LogP contribution in [0, 0.1) is 0 Å². The third-order valence-electron chi connectivity index (χ3n) is 4.27. The summed E-state index contributed by atoms with van der Waals surface area (Å²) in [5, 5.41) is 6.65. The summed E-state index contributed by atoms with van der Waals surface area (Å²) in [6.07, 6.45) is 4.97. The number of aliphatic imine (C=N–C) groups is 1.